The molecule has 0 amide bonds. The largest absolute Gasteiger partial charge is 0.496 e. The van der Waals surface area contributed by atoms with Gasteiger partial charge < -0.3 is 18.9 Å². The molecule has 98 valence electrons. The van der Waals surface area contributed by atoms with Crippen LogP contribution in [0.3, 0.4) is 0 Å². The summed E-state index contributed by atoms with van der Waals surface area (Å²) < 4.78 is 21.5. The van der Waals surface area contributed by atoms with Gasteiger partial charge in [-0.3, -0.25) is 4.98 Å². The van der Waals surface area contributed by atoms with Crippen molar-refractivity contribution in [2.45, 2.75) is 0 Å². The lowest BCUT2D eigenvalue weighted by Crippen LogP contribution is -1.93. The highest BCUT2D eigenvalue weighted by molar-refractivity contribution is 5.78. The third kappa shape index (κ3) is 1.93. The van der Waals surface area contributed by atoms with Crippen molar-refractivity contribution in [1.29, 1.82) is 0 Å². The Labute approximate surface area is 110 Å². The van der Waals surface area contributed by atoms with Crippen LogP contribution < -0.4 is 18.9 Å². The van der Waals surface area contributed by atoms with Crippen LogP contribution in [-0.2, 0) is 0 Å². The normalized spacial score (nSPS) is 12.3. The van der Waals surface area contributed by atoms with Crippen LogP contribution in [0.25, 0.3) is 11.1 Å². The molecule has 0 saturated carbocycles. The van der Waals surface area contributed by atoms with E-state index in [1.165, 1.54) is 0 Å². The highest BCUT2D eigenvalue weighted by atomic mass is 16.7. The van der Waals surface area contributed by atoms with Crippen molar-refractivity contribution in [1.82, 2.24) is 4.98 Å². The lowest BCUT2D eigenvalue weighted by Gasteiger charge is -2.12. The number of rotatable bonds is 3. The summed E-state index contributed by atoms with van der Waals surface area (Å²) in [7, 11) is 3.23. The minimum absolute atomic E-state index is 0.232. The zero-order chi connectivity index (χ0) is 13.2. The van der Waals surface area contributed by atoms with Crippen LogP contribution in [0.2, 0.25) is 0 Å². The van der Waals surface area contributed by atoms with Gasteiger partial charge in [-0.1, -0.05) is 0 Å². The van der Waals surface area contributed by atoms with Crippen molar-refractivity contribution in [3.63, 3.8) is 0 Å². The van der Waals surface area contributed by atoms with E-state index in [0.29, 0.717) is 23.0 Å². The predicted octanol–water partition coefficient (Wildman–Crippen LogP) is 2.49. The molecule has 0 saturated heterocycles. The summed E-state index contributed by atoms with van der Waals surface area (Å²) in [5, 5.41) is 0. The Morgan fingerprint density at radius 3 is 2.47 bits per heavy atom. The van der Waals surface area contributed by atoms with E-state index in [9.17, 15) is 0 Å². The van der Waals surface area contributed by atoms with Gasteiger partial charge in [0, 0.05) is 23.4 Å². The van der Waals surface area contributed by atoms with Gasteiger partial charge in [-0.15, -0.1) is 0 Å². The van der Waals surface area contributed by atoms with Crippen molar-refractivity contribution in [2.24, 2.45) is 0 Å². The lowest BCUT2D eigenvalue weighted by molar-refractivity contribution is 0.174. The van der Waals surface area contributed by atoms with Gasteiger partial charge in [0.05, 0.1) is 20.4 Å². The molecular formula is C14H13NO4. The second-order valence-electron chi connectivity index (χ2n) is 3.98. The van der Waals surface area contributed by atoms with E-state index in [-0.39, 0.29) is 6.79 Å². The van der Waals surface area contributed by atoms with E-state index >= 15 is 0 Å². The first-order chi connectivity index (χ1) is 9.33. The van der Waals surface area contributed by atoms with Crippen LogP contribution >= 0.6 is 0 Å². The lowest BCUT2D eigenvalue weighted by atomic mass is 10.0. The molecule has 5 heteroatoms. The van der Waals surface area contributed by atoms with Gasteiger partial charge in [0.25, 0.3) is 0 Å². The van der Waals surface area contributed by atoms with E-state index in [4.69, 9.17) is 18.9 Å². The molecular weight excluding hydrogens is 246 g/mol. The summed E-state index contributed by atoms with van der Waals surface area (Å²) in [6.45, 7) is 0.232. The highest BCUT2D eigenvalue weighted by Gasteiger charge is 2.20. The van der Waals surface area contributed by atoms with Crippen molar-refractivity contribution in [2.75, 3.05) is 21.0 Å². The molecule has 0 bridgehead atoms. The molecule has 0 unspecified atom stereocenters. The number of pyridine rings is 1. The zero-order valence-corrected chi connectivity index (χ0v) is 10.7. The minimum atomic E-state index is 0.232. The molecule has 0 fully saturated rings. The van der Waals surface area contributed by atoms with E-state index < -0.39 is 0 Å². The monoisotopic (exact) mass is 259 g/mol. The van der Waals surface area contributed by atoms with Crippen molar-refractivity contribution in [3.05, 3.63) is 30.6 Å². The van der Waals surface area contributed by atoms with Crippen LogP contribution in [-0.4, -0.2) is 26.0 Å². The predicted molar refractivity (Wildman–Crippen MR) is 68.9 cm³/mol. The summed E-state index contributed by atoms with van der Waals surface area (Å²) in [6.07, 6.45) is 3.38. The van der Waals surface area contributed by atoms with Gasteiger partial charge >= 0.3 is 0 Å². The first-order valence-electron chi connectivity index (χ1n) is 5.79. The van der Waals surface area contributed by atoms with Crippen molar-refractivity contribution >= 4 is 0 Å². The summed E-state index contributed by atoms with van der Waals surface area (Å²) in [4.78, 5) is 4.05. The number of hydrogen-bond donors (Lipinski definition) is 0. The summed E-state index contributed by atoms with van der Waals surface area (Å²) in [6, 6.07) is 5.58. The first-order valence-corrected chi connectivity index (χ1v) is 5.79. The summed E-state index contributed by atoms with van der Waals surface area (Å²) in [5.41, 5.74) is 1.78. The van der Waals surface area contributed by atoms with Crippen LogP contribution in [0.5, 0.6) is 23.0 Å². The third-order valence-corrected chi connectivity index (χ3v) is 2.99. The second kappa shape index (κ2) is 4.68. The van der Waals surface area contributed by atoms with Gasteiger partial charge in [0.2, 0.25) is 6.79 Å². The number of aromatic nitrogens is 1. The molecule has 1 aromatic heterocycles. The Balaban J connectivity index is 2.18. The molecule has 1 aliphatic heterocycles. The molecule has 1 aliphatic rings. The Bertz CT molecular complexity index is 612. The quantitative estimate of drug-likeness (QED) is 0.847. The smallest absolute Gasteiger partial charge is 0.231 e. The SMILES string of the molecule is COc1cnccc1-c1cc2c(cc1OC)OCO2. The molecule has 5 nitrogen and oxygen atoms in total. The number of nitrogens with zero attached hydrogens (tertiary/aromatic N) is 1. The van der Waals surface area contributed by atoms with Gasteiger partial charge in [0.15, 0.2) is 11.5 Å². The van der Waals surface area contributed by atoms with Crippen LogP contribution in [0.15, 0.2) is 30.6 Å². The molecule has 0 aliphatic carbocycles. The average Bonchev–Trinajstić information content (AvgIpc) is 2.93. The summed E-state index contributed by atoms with van der Waals surface area (Å²) in [5.74, 6) is 2.77. The third-order valence-electron chi connectivity index (χ3n) is 2.99. The molecule has 1 aromatic carbocycles. The summed E-state index contributed by atoms with van der Waals surface area (Å²) >= 11 is 0. The fraction of sp³-hybridized carbons (Fsp3) is 0.214. The molecule has 0 N–H and O–H groups in total. The van der Waals surface area contributed by atoms with E-state index in [2.05, 4.69) is 4.98 Å². The van der Waals surface area contributed by atoms with E-state index in [0.717, 1.165) is 11.1 Å². The fourth-order valence-corrected chi connectivity index (χ4v) is 2.07. The maximum Gasteiger partial charge on any atom is 0.231 e. The first kappa shape index (κ1) is 11.6. The topological polar surface area (TPSA) is 49.8 Å². The van der Waals surface area contributed by atoms with E-state index in [1.807, 2.05) is 18.2 Å². The van der Waals surface area contributed by atoms with Crippen molar-refractivity contribution in [3.8, 4) is 34.1 Å². The molecule has 0 atom stereocenters. The van der Waals surface area contributed by atoms with Gasteiger partial charge in [-0.05, 0) is 12.1 Å². The number of methoxy groups -OCH3 is 2. The molecule has 3 rings (SSSR count). The minimum Gasteiger partial charge on any atom is -0.496 e. The Morgan fingerprint density at radius 2 is 1.74 bits per heavy atom. The molecule has 0 spiro atoms. The number of benzene rings is 1. The van der Waals surface area contributed by atoms with Crippen LogP contribution in [0, 0.1) is 0 Å². The molecule has 0 radical (unpaired) electrons. The van der Waals surface area contributed by atoms with Crippen LogP contribution in [0.1, 0.15) is 0 Å². The Morgan fingerprint density at radius 1 is 1.00 bits per heavy atom. The molecule has 2 aromatic rings. The number of fused-ring (bicyclic) bond motifs is 1. The Hall–Kier alpha value is -2.43. The number of hydrogen-bond acceptors (Lipinski definition) is 5. The zero-order valence-electron chi connectivity index (χ0n) is 10.7. The van der Waals surface area contributed by atoms with Gasteiger partial charge in [0.1, 0.15) is 11.5 Å². The van der Waals surface area contributed by atoms with Gasteiger partial charge in [-0.2, -0.15) is 0 Å². The Kier molecular flexibility index (Phi) is 2.87. The highest BCUT2D eigenvalue weighted by Crippen LogP contribution is 2.44. The average molecular weight is 259 g/mol. The van der Waals surface area contributed by atoms with E-state index in [1.54, 1.807) is 26.6 Å². The second-order valence-corrected chi connectivity index (χ2v) is 3.98. The number of ether oxygens (including phenoxy) is 4. The fourth-order valence-electron chi connectivity index (χ4n) is 2.07. The maximum atomic E-state index is 5.41. The molecule has 2 heterocycles. The standard InChI is InChI=1S/C14H13NO4/c1-16-11-6-13-12(18-8-19-13)5-10(11)9-3-4-15-7-14(9)17-2/h3-7H,8H2,1-2H3. The van der Waals surface area contributed by atoms with Crippen molar-refractivity contribution < 1.29 is 18.9 Å². The van der Waals surface area contributed by atoms with Gasteiger partial charge in [-0.25, -0.2) is 0 Å². The maximum absolute atomic E-state index is 5.41. The molecule has 19 heavy (non-hydrogen) atoms. The van der Waals surface area contributed by atoms with Crippen LogP contribution in [0.4, 0.5) is 0 Å².